The van der Waals surface area contributed by atoms with Gasteiger partial charge in [0, 0.05) is 21.7 Å². The number of alkyl halides is 2. The number of benzene rings is 2. The lowest BCUT2D eigenvalue weighted by molar-refractivity contribution is -0.113. The van der Waals surface area contributed by atoms with Crippen molar-refractivity contribution in [1.29, 1.82) is 0 Å². The van der Waals surface area contributed by atoms with Gasteiger partial charge in [-0.2, -0.15) is 8.78 Å². The Morgan fingerprint density at radius 2 is 1.89 bits per heavy atom. The number of nitrogens with zero attached hydrogens (tertiary/aromatic N) is 1. The molecule has 0 bridgehead atoms. The quantitative estimate of drug-likeness (QED) is 0.485. The van der Waals surface area contributed by atoms with Crippen molar-refractivity contribution in [1.82, 2.24) is 4.98 Å². The lowest BCUT2D eigenvalue weighted by Crippen LogP contribution is -2.13. The number of hydrogen-bond acceptors (Lipinski definition) is 5. The van der Waals surface area contributed by atoms with Crippen molar-refractivity contribution < 1.29 is 18.3 Å². The molecule has 4 nitrogen and oxygen atoms in total. The van der Waals surface area contributed by atoms with Crippen LogP contribution >= 0.6 is 34.7 Å². The minimum atomic E-state index is -2.88. The molecule has 2 aromatic carbocycles. The lowest BCUT2D eigenvalue weighted by atomic mass is 10.2. The number of nitrogens with one attached hydrogen (secondary N) is 1. The van der Waals surface area contributed by atoms with Gasteiger partial charge in [0.05, 0.1) is 11.4 Å². The van der Waals surface area contributed by atoms with Crippen LogP contribution in [-0.4, -0.2) is 23.3 Å². The Balaban J connectivity index is 1.51. The van der Waals surface area contributed by atoms with Gasteiger partial charge in [-0.05, 0) is 36.4 Å². The summed E-state index contributed by atoms with van der Waals surface area (Å²) in [4.78, 5) is 16.5. The molecule has 0 fully saturated rings. The number of thioether (sulfide) groups is 1. The summed E-state index contributed by atoms with van der Waals surface area (Å²) in [6.07, 6.45) is 0. The molecular weight excluding hydrogens is 414 g/mol. The van der Waals surface area contributed by atoms with Crippen molar-refractivity contribution in [2.75, 3.05) is 11.1 Å². The topological polar surface area (TPSA) is 51.2 Å². The van der Waals surface area contributed by atoms with Crippen molar-refractivity contribution in [3.8, 4) is 17.0 Å². The fraction of sp³-hybridized carbons (Fsp3) is 0.111. The number of thiazole rings is 1. The van der Waals surface area contributed by atoms with E-state index in [-0.39, 0.29) is 17.4 Å². The van der Waals surface area contributed by atoms with E-state index in [9.17, 15) is 13.6 Å². The Morgan fingerprint density at radius 1 is 1.19 bits per heavy atom. The molecule has 0 aliphatic carbocycles. The van der Waals surface area contributed by atoms with E-state index in [1.54, 1.807) is 12.1 Å². The first-order chi connectivity index (χ1) is 13.0. The van der Waals surface area contributed by atoms with E-state index in [0.717, 1.165) is 15.6 Å². The molecule has 0 saturated heterocycles. The molecule has 1 amide bonds. The Kier molecular flexibility index (Phi) is 6.65. The number of ether oxygens (including phenoxy) is 1. The van der Waals surface area contributed by atoms with Gasteiger partial charge in [0.1, 0.15) is 5.75 Å². The molecule has 0 aliphatic heterocycles. The zero-order valence-electron chi connectivity index (χ0n) is 13.7. The van der Waals surface area contributed by atoms with Gasteiger partial charge in [-0.25, -0.2) is 4.98 Å². The third-order valence-electron chi connectivity index (χ3n) is 3.31. The largest absolute Gasteiger partial charge is 0.435 e. The maximum atomic E-state index is 12.1. The Morgan fingerprint density at radius 3 is 2.56 bits per heavy atom. The van der Waals surface area contributed by atoms with Gasteiger partial charge in [-0.3, -0.25) is 4.79 Å². The highest BCUT2D eigenvalue weighted by Crippen LogP contribution is 2.29. The van der Waals surface area contributed by atoms with E-state index < -0.39 is 6.61 Å². The summed E-state index contributed by atoms with van der Waals surface area (Å²) in [6.45, 7) is -2.88. The van der Waals surface area contributed by atoms with Crippen molar-refractivity contribution in [2.45, 2.75) is 11.0 Å². The van der Waals surface area contributed by atoms with Gasteiger partial charge in [-0.15, -0.1) is 11.3 Å². The number of rotatable bonds is 7. The molecule has 0 aliphatic rings. The summed E-state index contributed by atoms with van der Waals surface area (Å²) in [6, 6.07) is 13.1. The number of anilines is 1. The molecule has 1 N–H and O–H groups in total. The fourth-order valence-corrected chi connectivity index (χ4v) is 3.88. The van der Waals surface area contributed by atoms with Gasteiger partial charge >= 0.3 is 6.61 Å². The second-order valence-electron chi connectivity index (χ2n) is 5.25. The van der Waals surface area contributed by atoms with Crippen molar-refractivity contribution in [3.05, 3.63) is 58.9 Å². The zero-order chi connectivity index (χ0) is 19.2. The van der Waals surface area contributed by atoms with Gasteiger partial charge in [0.15, 0.2) is 4.34 Å². The summed E-state index contributed by atoms with van der Waals surface area (Å²) in [5, 5.41) is 5.28. The third kappa shape index (κ3) is 5.92. The molecule has 0 radical (unpaired) electrons. The van der Waals surface area contributed by atoms with Gasteiger partial charge in [-0.1, -0.05) is 35.5 Å². The molecule has 3 rings (SSSR count). The number of amides is 1. The predicted octanol–water partition coefficient (Wildman–Crippen LogP) is 5.80. The van der Waals surface area contributed by atoms with Crippen LogP contribution in [0, 0.1) is 0 Å². The van der Waals surface area contributed by atoms with Gasteiger partial charge in [0.2, 0.25) is 5.91 Å². The van der Waals surface area contributed by atoms with E-state index in [2.05, 4.69) is 15.0 Å². The monoisotopic (exact) mass is 426 g/mol. The molecule has 3 aromatic rings. The molecule has 1 aromatic heterocycles. The van der Waals surface area contributed by atoms with Gasteiger partial charge in [0.25, 0.3) is 0 Å². The molecular formula is C18H13ClF2N2O2S2. The van der Waals surface area contributed by atoms with Crippen LogP contribution in [0.4, 0.5) is 14.5 Å². The second kappa shape index (κ2) is 9.16. The second-order valence-corrected chi connectivity index (χ2v) is 7.76. The summed E-state index contributed by atoms with van der Waals surface area (Å²) in [7, 11) is 0. The van der Waals surface area contributed by atoms with Crippen LogP contribution in [0.1, 0.15) is 0 Å². The van der Waals surface area contributed by atoms with E-state index in [1.165, 1.54) is 47.4 Å². The first kappa shape index (κ1) is 19.6. The molecule has 0 unspecified atom stereocenters. The highest BCUT2D eigenvalue weighted by molar-refractivity contribution is 8.01. The Labute approximate surface area is 167 Å². The Hall–Kier alpha value is -2.16. The van der Waals surface area contributed by atoms with Crippen molar-refractivity contribution >= 4 is 46.3 Å². The molecule has 140 valence electrons. The van der Waals surface area contributed by atoms with Crippen molar-refractivity contribution in [2.24, 2.45) is 0 Å². The molecule has 0 saturated carbocycles. The van der Waals surface area contributed by atoms with E-state index in [1.807, 2.05) is 17.5 Å². The molecule has 9 heteroatoms. The van der Waals surface area contributed by atoms with Crippen LogP contribution in [0.3, 0.4) is 0 Å². The fourth-order valence-electron chi connectivity index (χ4n) is 2.12. The van der Waals surface area contributed by atoms with Crippen LogP contribution in [0.5, 0.6) is 5.75 Å². The van der Waals surface area contributed by atoms with E-state index >= 15 is 0 Å². The maximum absolute atomic E-state index is 12.1. The van der Waals surface area contributed by atoms with Crippen molar-refractivity contribution in [3.63, 3.8) is 0 Å². The minimum Gasteiger partial charge on any atom is -0.435 e. The molecule has 0 atom stereocenters. The van der Waals surface area contributed by atoms with Crippen LogP contribution in [0.2, 0.25) is 5.02 Å². The summed E-state index contributed by atoms with van der Waals surface area (Å²) >= 11 is 8.66. The first-order valence-corrected chi connectivity index (χ1v) is 9.93. The molecule has 0 spiro atoms. The summed E-state index contributed by atoms with van der Waals surface area (Å²) in [5.41, 5.74) is 2.29. The smallest absolute Gasteiger partial charge is 0.387 e. The highest BCUT2D eigenvalue weighted by atomic mass is 35.5. The summed E-state index contributed by atoms with van der Waals surface area (Å²) in [5.74, 6) is 0.00344. The molecule has 1 heterocycles. The summed E-state index contributed by atoms with van der Waals surface area (Å²) < 4.78 is 29.3. The van der Waals surface area contributed by atoms with Crippen LogP contribution in [0.15, 0.2) is 58.3 Å². The lowest BCUT2D eigenvalue weighted by Gasteiger charge is -2.07. The zero-order valence-corrected chi connectivity index (χ0v) is 16.1. The van der Waals surface area contributed by atoms with Gasteiger partial charge < -0.3 is 10.1 Å². The normalized spacial score (nSPS) is 10.8. The number of halogens is 3. The first-order valence-electron chi connectivity index (χ1n) is 7.68. The average Bonchev–Trinajstić information content (AvgIpc) is 3.11. The van der Waals surface area contributed by atoms with E-state index in [0.29, 0.717) is 10.7 Å². The van der Waals surface area contributed by atoms with Crippen LogP contribution in [0.25, 0.3) is 11.3 Å². The van der Waals surface area contributed by atoms with Crippen LogP contribution in [-0.2, 0) is 4.79 Å². The maximum Gasteiger partial charge on any atom is 0.387 e. The predicted molar refractivity (Wildman–Crippen MR) is 105 cm³/mol. The SMILES string of the molecule is O=C(CSc1nc(-c2ccc(Cl)cc2)cs1)Nc1ccc(OC(F)F)cc1. The number of carbonyl (C=O) groups is 1. The number of carbonyl (C=O) groups excluding carboxylic acids is 1. The number of hydrogen-bond donors (Lipinski definition) is 1. The number of aromatic nitrogens is 1. The highest BCUT2D eigenvalue weighted by Gasteiger charge is 2.09. The standard InChI is InChI=1S/C18H13ClF2N2O2S2/c19-12-3-1-11(2-4-12)15-9-26-18(23-15)27-10-16(24)22-13-5-7-14(8-6-13)25-17(20)21/h1-9,17H,10H2,(H,22,24). The minimum absolute atomic E-state index is 0.0369. The van der Waals surface area contributed by atoms with Crippen LogP contribution < -0.4 is 10.1 Å². The van der Waals surface area contributed by atoms with E-state index in [4.69, 9.17) is 11.6 Å². The average molecular weight is 427 g/mol. The Bertz CT molecular complexity index is 902. The third-order valence-corrected chi connectivity index (χ3v) is 5.59. The molecule has 27 heavy (non-hydrogen) atoms.